The Kier molecular flexibility index (Phi) is 6.86. The number of likely N-dealkylation sites (tertiary alicyclic amines) is 1. The van der Waals surface area contributed by atoms with Gasteiger partial charge in [0.15, 0.2) is 0 Å². The number of ether oxygens (including phenoxy) is 1. The number of hydrogen-bond acceptors (Lipinski definition) is 5. The van der Waals surface area contributed by atoms with E-state index in [1.165, 1.54) is 0 Å². The third kappa shape index (κ3) is 5.81. The van der Waals surface area contributed by atoms with Crippen LogP contribution < -0.4 is 5.56 Å². The molecular formula is C26H30ClN3O3. The molecule has 0 radical (unpaired) electrons. The minimum absolute atomic E-state index is 0.0623. The van der Waals surface area contributed by atoms with Crippen molar-refractivity contribution < 1.29 is 9.53 Å². The summed E-state index contributed by atoms with van der Waals surface area (Å²) in [6, 6.07) is 15.4. The molecule has 0 spiro atoms. The first-order valence-electron chi connectivity index (χ1n) is 11.4. The molecule has 1 saturated heterocycles. The van der Waals surface area contributed by atoms with Crippen molar-refractivity contribution in [3.8, 4) is 0 Å². The highest BCUT2D eigenvalue weighted by Crippen LogP contribution is 2.21. The molecule has 7 heteroatoms. The maximum atomic E-state index is 13.3. The Morgan fingerprint density at radius 3 is 2.52 bits per heavy atom. The van der Waals surface area contributed by atoms with E-state index in [-0.39, 0.29) is 24.1 Å². The van der Waals surface area contributed by atoms with E-state index in [2.05, 4.69) is 4.90 Å². The second-order valence-electron chi connectivity index (χ2n) is 9.64. The van der Waals surface area contributed by atoms with Gasteiger partial charge in [-0.3, -0.25) is 14.5 Å². The van der Waals surface area contributed by atoms with Gasteiger partial charge in [0.05, 0.1) is 24.2 Å². The van der Waals surface area contributed by atoms with Gasteiger partial charge in [-0.25, -0.2) is 4.68 Å². The molecule has 2 heterocycles. The number of carbonyl (C=O) groups excluding carboxylic acids is 1. The van der Waals surface area contributed by atoms with E-state index in [9.17, 15) is 9.59 Å². The summed E-state index contributed by atoms with van der Waals surface area (Å²) >= 11 is 6.04. The molecule has 1 aromatic heterocycles. The Morgan fingerprint density at radius 1 is 1.12 bits per heavy atom. The van der Waals surface area contributed by atoms with Crippen LogP contribution in [-0.2, 0) is 22.5 Å². The zero-order chi connectivity index (χ0) is 23.6. The quantitative estimate of drug-likeness (QED) is 0.501. The van der Waals surface area contributed by atoms with Gasteiger partial charge in [0.25, 0.3) is 5.56 Å². The minimum atomic E-state index is -0.514. The van der Waals surface area contributed by atoms with Gasteiger partial charge in [0.2, 0.25) is 0 Å². The van der Waals surface area contributed by atoms with Crippen molar-refractivity contribution in [3.05, 3.63) is 75.2 Å². The monoisotopic (exact) mass is 467 g/mol. The Bertz CT molecular complexity index is 1200. The van der Waals surface area contributed by atoms with Crippen LogP contribution in [0, 0.1) is 0 Å². The first kappa shape index (κ1) is 23.5. The predicted molar refractivity (Wildman–Crippen MR) is 131 cm³/mol. The van der Waals surface area contributed by atoms with Crippen molar-refractivity contribution >= 4 is 28.3 Å². The average Bonchev–Trinajstić information content (AvgIpc) is 3.18. The van der Waals surface area contributed by atoms with Crippen molar-refractivity contribution in [3.63, 3.8) is 0 Å². The SMILES string of the molecule is CC(C)(C)OC(=O)CN1CCCC1Cn1nc(Cc2ccc(Cl)cc2)c2ccccc2c1=O. The van der Waals surface area contributed by atoms with E-state index >= 15 is 0 Å². The number of hydrogen-bond donors (Lipinski definition) is 0. The van der Waals surface area contributed by atoms with E-state index < -0.39 is 5.60 Å². The number of rotatable bonds is 6. The topological polar surface area (TPSA) is 64.4 Å². The van der Waals surface area contributed by atoms with Crippen molar-refractivity contribution in [2.24, 2.45) is 0 Å². The number of benzene rings is 2. The molecule has 2 aromatic carbocycles. The van der Waals surface area contributed by atoms with Crippen LogP contribution in [-0.4, -0.2) is 45.4 Å². The molecular weight excluding hydrogens is 438 g/mol. The summed E-state index contributed by atoms with van der Waals surface area (Å²) in [4.78, 5) is 27.7. The normalized spacial score (nSPS) is 16.9. The Hall–Kier alpha value is -2.70. The number of esters is 1. The molecule has 4 rings (SSSR count). The number of nitrogens with zero attached hydrogens (tertiary/aromatic N) is 3. The molecule has 1 aliphatic heterocycles. The summed E-state index contributed by atoms with van der Waals surface area (Å²) in [6.45, 7) is 7.08. The lowest BCUT2D eigenvalue weighted by molar-refractivity contribution is -0.156. The summed E-state index contributed by atoms with van der Waals surface area (Å²) in [5.74, 6) is -0.239. The summed E-state index contributed by atoms with van der Waals surface area (Å²) in [5, 5.41) is 7.00. The van der Waals surface area contributed by atoms with Crippen LogP contribution in [0.2, 0.25) is 5.02 Å². The van der Waals surface area contributed by atoms with Gasteiger partial charge in [-0.1, -0.05) is 41.9 Å². The fraction of sp³-hybridized carbons (Fsp3) is 0.423. The van der Waals surface area contributed by atoms with E-state index in [0.29, 0.717) is 23.4 Å². The Morgan fingerprint density at radius 2 is 1.82 bits per heavy atom. The maximum Gasteiger partial charge on any atom is 0.320 e. The van der Waals surface area contributed by atoms with Gasteiger partial charge in [-0.15, -0.1) is 0 Å². The fourth-order valence-corrected chi connectivity index (χ4v) is 4.53. The van der Waals surface area contributed by atoms with Crippen molar-refractivity contribution in [1.29, 1.82) is 0 Å². The van der Waals surface area contributed by atoms with Crippen LogP contribution in [0.4, 0.5) is 0 Å². The summed E-state index contributed by atoms with van der Waals surface area (Å²) in [7, 11) is 0. The van der Waals surface area contributed by atoms with Crippen molar-refractivity contribution in [1.82, 2.24) is 14.7 Å². The molecule has 6 nitrogen and oxygen atoms in total. The minimum Gasteiger partial charge on any atom is -0.459 e. The molecule has 1 fully saturated rings. The van der Waals surface area contributed by atoms with E-state index in [4.69, 9.17) is 21.4 Å². The van der Waals surface area contributed by atoms with Gasteiger partial charge in [0.1, 0.15) is 5.60 Å². The molecule has 0 amide bonds. The van der Waals surface area contributed by atoms with E-state index in [0.717, 1.165) is 36.0 Å². The molecule has 1 atom stereocenters. The summed E-state index contributed by atoms with van der Waals surface area (Å²) in [5.41, 5.74) is 1.31. The molecule has 0 N–H and O–H groups in total. The molecule has 174 valence electrons. The predicted octanol–water partition coefficient (Wildman–Crippen LogP) is 4.45. The van der Waals surface area contributed by atoms with Gasteiger partial charge >= 0.3 is 5.97 Å². The third-order valence-corrected chi connectivity index (χ3v) is 6.12. The van der Waals surface area contributed by atoms with Crippen molar-refractivity contribution in [2.75, 3.05) is 13.1 Å². The molecule has 1 aliphatic rings. The lowest BCUT2D eigenvalue weighted by atomic mass is 10.0. The highest BCUT2D eigenvalue weighted by molar-refractivity contribution is 6.30. The standard InChI is InChI=1S/C26H30ClN3O3/c1-26(2,3)33-24(31)17-29-14-6-7-20(29)16-30-25(32)22-9-5-4-8-21(22)23(28-30)15-18-10-12-19(27)13-11-18/h4-5,8-13,20H,6-7,14-17H2,1-3H3. The second-order valence-corrected chi connectivity index (χ2v) is 10.1. The van der Waals surface area contributed by atoms with Crippen LogP contribution in [0.3, 0.4) is 0 Å². The number of fused-ring (bicyclic) bond motifs is 1. The lowest BCUT2D eigenvalue weighted by Gasteiger charge is -2.26. The van der Waals surface area contributed by atoms with Crippen molar-refractivity contribution in [2.45, 2.75) is 58.2 Å². The third-order valence-electron chi connectivity index (χ3n) is 5.86. The van der Waals surface area contributed by atoms with Gasteiger partial charge in [-0.05, 0) is 63.9 Å². The van der Waals surface area contributed by atoms with Gasteiger partial charge in [0, 0.05) is 22.9 Å². The molecule has 1 unspecified atom stereocenters. The zero-order valence-electron chi connectivity index (χ0n) is 19.4. The number of halogens is 1. The smallest absolute Gasteiger partial charge is 0.320 e. The molecule has 0 bridgehead atoms. The second kappa shape index (κ2) is 9.65. The van der Waals surface area contributed by atoms with Crippen LogP contribution in [0.25, 0.3) is 10.8 Å². The Labute approximate surface area is 199 Å². The van der Waals surface area contributed by atoms with Gasteiger partial charge in [-0.2, -0.15) is 5.10 Å². The van der Waals surface area contributed by atoms with Crippen LogP contribution in [0.15, 0.2) is 53.3 Å². The fourth-order valence-electron chi connectivity index (χ4n) is 4.40. The van der Waals surface area contributed by atoms with Crippen LogP contribution >= 0.6 is 11.6 Å². The lowest BCUT2D eigenvalue weighted by Crippen LogP contribution is -2.41. The van der Waals surface area contributed by atoms with E-state index in [1.54, 1.807) is 4.68 Å². The Balaban J connectivity index is 1.60. The first-order chi connectivity index (χ1) is 15.7. The molecule has 3 aromatic rings. The molecule has 0 aliphatic carbocycles. The van der Waals surface area contributed by atoms with Gasteiger partial charge < -0.3 is 4.74 Å². The summed E-state index contributed by atoms with van der Waals surface area (Å²) in [6.07, 6.45) is 2.49. The van der Waals surface area contributed by atoms with E-state index in [1.807, 2.05) is 69.3 Å². The largest absolute Gasteiger partial charge is 0.459 e. The molecule has 33 heavy (non-hydrogen) atoms. The first-order valence-corrected chi connectivity index (χ1v) is 11.8. The highest BCUT2D eigenvalue weighted by Gasteiger charge is 2.29. The number of carbonyl (C=O) groups is 1. The molecule has 0 saturated carbocycles. The average molecular weight is 468 g/mol. The maximum absolute atomic E-state index is 13.3. The number of aromatic nitrogens is 2. The highest BCUT2D eigenvalue weighted by atomic mass is 35.5. The van der Waals surface area contributed by atoms with Crippen LogP contribution in [0.5, 0.6) is 0 Å². The van der Waals surface area contributed by atoms with Crippen LogP contribution in [0.1, 0.15) is 44.9 Å². The zero-order valence-corrected chi connectivity index (χ0v) is 20.1. The summed E-state index contributed by atoms with van der Waals surface area (Å²) < 4.78 is 7.07.